The van der Waals surface area contributed by atoms with E-state index in [1.165, 1.54) is 5.56 Å². The SMILES string of the molecule is Cc1cc(-c2ccc3ncn([C@@H](c4ccccc4)C4CCOCC4)c3c2)nn2c(C)nnc12. The van der Waals surface area contributed by atoms with E-state index in [1.807, 2.05) is 24.7 Å². The van der Waals surface area contributed by atoms with Gasteiger partial charge in [-0.15, -0.1) is 10.2 Å². The Hall–Kier alpha value is -3.58. The third-order valence-electron chi connectivity index (χ3n) is 6.73. The van der Waals surface area contributed by atoms with E-state index in [0.29, 0.717) is 5.92 Å². The second-order valence-electron chi connectivity index (χ2n) is 8.86. The molecular weight excluding hydrogens is 412 g/mol. The van der Waals surface area contributed by atoms with Gasteiger partial charge in [-0.25, -0.2) is 4.98 Å². The number of benzene rings is 2. The molecule has 0 N–H and O–H groups in total. The summed E-state index contributed by atoms with van der Waals surface area (Å²) < 4.78 is 9.84. The zero-order valence-corrected chi connectivity index (χ0v) is 18.8. The van der Waals surface area contributed by atoms with E-state index in [1.54, 1.807) is 0 Å². The highest BCUT2D eigenvalue weighted by Crippen LogP contribution is 2.36. The normalized spacial score (nSPS) is 15.9. The minimum Gasteiger partial charge on any atom is -0.381 e. The Morgan fingerprint density at radius 2 is 1.79 bits per heavy atom. The third kappa shape index (κ3) is 3.49. The quantitative estimate of drug-likeness (QED) is 0.404. The van der Waals surface area contributed by atoms with Gasteiger partial charge >= 0.3 is 0 Å². The van der Waals surface area contributed by atoms with Crippen LogP contribution in [-0.2, 0) is 4.74 Å². The highest BCUT2D eigenvalue weighted by Gasteiger charge is 2.28. The Bertz CT molecular complexity index is 1430. The van der Waals surface area contributed by atoms with E-state index in [9.17, 15) is 0 Å². The van der Waals surface area contributed by atoms with E-state index in [-0.39, 0.29) is 6.04 Å². The Morgan fingerprint density at radius 3 is 2.61 bits per heavy atom. The zero-order chi connectivity index (χ0) is 22.4. The molecule has 0 radical (unpaired) electrons. The fourth-order valence-corrected chi connectivity index (χ4v) is 5.02. The molecule has 1 aliphatic heterocycles. The van der Waals surface area contributed by atoms with Crippen molar-refractivity contribution in [3.63, 3.8) is 0 Å². The molecule has 1 saturated heterocycles. The van der Waals surface area contributed by atoms with E-state index < -0.39 is 0 Å². The maximum absolute atomic E-state index is 5.67. The third-order valence-corrected chi connectivity index (χ3v) is 6.73. The smallest absolute Gasteiger partial charge is 0.180 e. The standard InChI is InChI=1S/C26H26N6O/c1-17-14-23(30-32-18(2)28-29-26(17)32)21-8-9-22-24(15-21)31(16-27-22)25(19-6-4-3-5-7-19)20-10-12-33-13-11-20/h3-9,14-16,20,25H,10-13H2,1-2H3/t25-/m0/s1. The molecule has 0 saturated carbocycles. The van der Waals surface area contributed by atoms with Gasteiger partial charge in [0.2, 0.25) is 0 Å². The molecule has 166 valence electrons. The largest absolute Gasteiger partial charge is 0.381 e. The molecule has 3 aromatic heterocycles. The zero-order valence-electron chi connectivity index (χ0n) is 18.8. The van der Waals surface area contributed by atoms with Gasteiger partial charge in [-0.05, 0) is 61.9 Å². The molecule has 1 atom stereocenters. The maximum Gasteiger partial charge on any atom is 0.180 e. The second kappa shape index (κ2) is 8.08. The lowest BCUT2D eigenvalue weighted by Crippen LogP contribution is -2.26. The fraction of sp³-hybridized carbons (Fsp3) is 0.308. The van der Waals surface area contributed by atoms with Gasteiger partial charge in [0.15, 0.2) is 11.5 Å². The highest BCUT2D eigenvalue weighted by molar-refractivity contribution is 5.82. The molecule has 6 rings (SSSR count). The number of hydrogen-bond acceptors (Lipinski definition) is 5. The first-order valence-electron chi connectivity index (χ1n) is 11.5. The van der Waals surface area contributed by atoms with Crippen LogP contribution < -0.4 is 0 Å². The molecule has 7 heteroatoms. The summed E-state index contributed by atoms with van der Waals surface area (Å²) in [4.78, 5) is 4.75. The van der Waals surface area contributed by atoms with E-state index in [0.717, 1.165) is 65.4 Å². The maximum atomic E-state index is 5.67. The minimum atomic E-state index is 0.215. The first-order valence-corrected chi connectivity index (χ1v) is 11.5. The van der Waals surface area contributed by atoms with Crippen LogP contribution in [0.5, 0.6) is 0 Å². The highest BCUT2D eigenvalue weighted by atomic mass is 16.5. The number of nitrogens with zero attached hydrogens (tertiary/aromatic N) is 6. The van der Waals surface area contributed by atoms with Gasteiger partial charge in [-0.3, -0.25) is 0 Å². The molecular formula is C26H26N6O. The van der Waals surface area contributed by atoms with Crippen molar-refractivity contribution in [2.75, 3.05) is 13.2 Å². The number of hydrogen-bond donors (Lipinski definition) is 0. The van der Waals surface area contributed by atoms with Gasteiger partial charge in [0.25, 0.3) is 0 Å². The molecule has 5 aromatic rings. The molecule has 1 fully saturated rings. The van der Waals surface area contributed by atoms with Crippen molar-refractivity contribution >= 4 is 16.7 Å². The average molecular weight is 439 g/mol. The van der Waals surface area contributed by atoms with Crippen LogP contribution >= 0.6 is 0 Å². The fourth-order valence-electron chi connectivity index (χ4n) is 5.02. The van der Waals surface area contributed by atoms with Gasteiger partial charge in [-0.2, -0.15) is 9.61 Å². The predicted octanol–water partition coefficient (Wildman–Crippen LogP) is 4.77. The molecule has 0 amide bonds. The van der Waals surface area contributed by atoms with Crippen molar-refractivity contribution in [2.45, 2.75) is 32.7 Å². The average Bonchev–Trinajstić information content (AvgIpc) is 3.44. The summed E-state index contributed by atoms with van der Waals surface area (Å²) >= 11 is 0. The van der Waals surface area contributed by atoms with E-state index in [2.05, 4.69) is 69.4 Å². The lowest BCUT2D eigenvalue weighted by atomic mass is 9.86. The first kappa shape index (κ1) is 20.1. The van der Waals surface area contributed by atoms with Crippen molar-refractivity contribution < 1.29 is 4.74 Å². The van der Waals surface area contributed by atoms with E-state index in [4.69, 9.17) is 14.8 Å². The first-order chi connectivity index (χ1) is 16.2. The van der Waals surface area contributed by atoms with Gasteiger partial charge in [-0.1, -0.05) is 36.4 Å². The minimum absolute atomic E-state index is 0.215. The summed E-state index contributed by atoms with van der Waals surface area (Å²) in [5, 5.41) is 13.2. The van der Waals surface area contributed by atoms with Gasteiger partial charge in [0.1, 0.15) is 0 Å². The number of ether oxygens (including phenoxy) is 1. The number of aryl methyl sites for hydroxylation is 2. The number of imidazole rings is 1. The van der Waals surface area contributed by atoms with Crippen LogP contribution in [0.15, 0.2) is 60.9 Å². The van der Waals surface area contributed by atoms with Gasteiger partial charge in [0, 0.05) is 18.8 Å². The van der Waals surface area contributed by atoms with Crippen LogP contribution in [0, 0.1) is 19.8 Å². The molecule has 0 bridgehead atoms. The van der Waals surface area contributed by atoms with Crippen molar-refractivity contribution in [1.82, 2.24) is 29.4 Å². The topological polar surface area (TPSA) is 70.1 Å². The molecule has 4 heterocycles. The Labute approximate surface area is 192 Å². The van der Waals surface area contributed by atoms with Crippen LogP contribution in [0.2, 0.25) is 0 Å². The Kier molecular flexibility index (Phi) is 4.91. The van der Waals surface area contributed by atoms with Crippen molar-refractivity contribution in [1.29, 1.82) is 0 Å². The van der Waals surface area contributed by atoms with Crippen molar-refractivity contribution in [2.24, 2.45) is 5.92 Å². The van der Waals surface area contributed by atoms with Gasteiger partial charge < -0.3 is 9.30 Å². The Balaban J connectivity index is 1.50. The number of aromatic nitrogens is 6. The summed E-state index contributed by atoms with van der Waals surface area (Å²) in [7, 11) is 0. The number of fused-ring (bicyclic) bond motifs is 2. The molecule has 1 aliphatic rings. The Morgan fingerprint density at radius 1 is 0.970 bits per heavy atom. The van der Waals surface area contributed by atoms with Crippen LogP contribution in [0.3, 0.4) is 0 Å². The van der Waals surface area contributed by atoms with Crippen LogP contribution in [0.4, 0.5) is 0 Å². The molecule has 2 aromatic carbocycles. The lowest BCUT2D eigenvalue weighted by molar-refractivity contribution is 0.0547. The summed E-state index contributed by atoms with van der Waals surface area (Å²) in [5.74, 6) is 1.28. The molecule has 0 unspecified atom stereocenters. The predicted molar refractivity (Wildman–Crippen MR) is 127 cm³/mol. The molecule has 0 aliphatic carbocycles. The summed E-state index contributed by atoms with van der Waals surface area (Å²) in [6.45, 7) is 5.60. The van der Waals surface area contributed by atoms with Crippen LogP contribution in [-0.4, -0.2) is 42.6 Å². The van der Waals surface area contributed by atoms with E-state index >= 15 is 0 Å². The second-order valence-corrected chi connectivity index (χ2v) is 8.86. The van der Waals surface area contributed by atoms with Crippen molar-refractivity contribution in [3.05, 3.63) is 77.9 Å². The summed E-state index contributed by atoms with van der Waals surface area (Å²) in [6, 6.07) is 19.5. The lowest BCUT2D eigenvalue weighted by Gasteiger charge is -2.32. The van der Waals surface area contributed by atoms with Crippen molar-refractivity contribution in [3.8, 4) is 11.3 Å². The molecule has 7 nitrogen and oxygen atoms in total. The summed E-state index contributed by atoms with van der Waals surface area (Å²) in [5.41, 5.74) is 7.23. The molecule has 0 spiro atoms. The van der Waals surface area contributed by atoms with Crippen LogP contribution in [0.25, 0.3) is 27.9 Å². The summed E-state index contributed by atoms with van der Waals surface area (Å²) in [6.07, 6.45) is 4.08. The number of rotatable bonds is 4. The monoisotopic (exact) mass is 438 g/mol. The molecule has 33 heavy (non-hydrogen) atoms. The van der Waals surface area contributed by atoms with Gasteiger partial charge in [0.05, 0.1) is 29.1 Å². The van der Waals surface area contributed by atoms with Crippen LogP contribution in [0.1, 0.15) is 35.8 Å².